The fourth-order valence-electron chi connectivity index (χ4n) is 5.65. The predicted molar refractivity (Wildman–Crippen MR) is 148 cm³/mol. The summed E-state index contributed by atoms with van der Waals surface area (Å²) in [6, 6.07) is 48.9. The minimum atomic E-state index is -2.28. The number of hydrogen-bond acceptors (Lipinski definition) is 1. The number of carbonyl (C=O) groups excluding carboxylic acids is 1. The van der Waals surface area contributed by atoms with Gasteiger partial charge in [-0.25, -0.2) is 0 Å². The second-order valence-corrected chi connectivity index (χ2v) is 12.7. The zero-order valence-corrected chi connectivity index (χ0v) is 20.3. The predicted octanol–water partition coefficient (Wildman–Crippen LogP) is 7.31. The van der Waals surface area contributed by atoms with Gasteiger partial charge in [0, 0.05) is 16.7 Å². The van der Waals surface area contributed by atoms with E-state index in [4.69, 9.17) is 0 Å². The molecule has 5 aromatic rings. The van der Waals surface area contributed by atoms with Crippen molar-refractivity contribution in [2.45, 2.75) is 5.66 Å². The van der Waals surface area contributed by atoms with E-state index in [2.05, 4.69) is 109 Å². The van der Waals surface area contributed by atoms with E-state index in [1.807, 2.05) is 30.3 Å². The van der Waals surface area contributed by atoms with Gasteiger partial charge >= 0.3 is 0 Å². The monoisotopic (exact) mass is 469 g/mol. The first-order valence-corrected chi connectivity index (χ1v) is 14.1. The minimum absolute atomic E-state index is 0.118. The molecule has 0 saturated heterocycles. The zero-order chi connectivity index (χ0) is 23.7. The number of benzene rings is 5. The Morgan fingerprint density at radius 3 is 1.40 bits per heavy atom. The van der Waals surface area contributed by atoms with Crippen LogP contribution in [-0.2, 0) is 0 Å². The van der Waals surface area contributed by atoms with Crippen LogP contribution in [0.5, 0.6) is 0 Å². The van der Waals surface area contributed by atoms with Gasteiger partial charge < -0.3 is 0 Å². The maximum atomic E-state index is 14.0. The molecule has 168 valence electrons. The molecule has 1 nitrogen and oxygen atoms in total. The summed E-state index contributed by atoms with van der Waals surface area (Å²) in [7, 11) is -2.28. The van der Waals surface area contributed by atoms with Crippen LogP contribution in [0.15, 0.2) is 140 Å². The Labute approximate surface area is 207 Å². The SMILES string of the molecule is O=C(C[P+](c1ccccc1)(c1ccccc1)C1c2ccccc2-c2ccccc21)c1ccccc1. The summed E-state index contributed by atoms with van der Waals surface area (Å²) >= 11 is 0. The first-order valence-electron chi connectivity index (χ1n) is 12.0. The average molecular weight is 470 g/mol. The van der Waals surface area contributed by atoms with E-state index in [0.29, 0.717) is 6.16 Å². The Balaban J connectivity index is 1.67. The molecule has 0 heterocycles. The topological polar surface area (TPSA) is 17.1 Å². The molecule has 0 radical (unpaired) electrons. The van der Waals surface area contributed by atoms with Crippen molar-refractivity contribution in [3.8, 4) is 11.1 Å². The first kappa shape index (κ1) is 21.7. The Morgan fingerprint density at radius 1 is 0.514 bits per heavy atom. The van der Waals surface area contributed by atoms with Crippen LogP contribution in [0.3, 0.4) is 0 Å². The summed E-state index contributed by atoms with van der Waals surface area (Å²) in [5, 5.41) is 2.54. The number of fused-ring (bicyclic) bond motifs is 3. The van der Waals surface area contributed by atoms with Crippen LogP contribution in [0.2, 0.25) is 0 Å². The molecule has 35 heavy (non-hydrogen) atoms. The molecule has 1 aliphatic rings. The average Bonchev–Trinajstić information content (AvgIpc) is 3.28. The molecule has 6 rings (SSSR count). The summed E-state index contributed by atoms with van der Waals surface area (Å²) in [4.78, 5) is 14.0. The molecule has 0 saturated carbocycles. The van der Waals surface area contributed by atoms with Crippen LogP contribution in [0.1, 0.15) is 27.1 Å². The minimum Gasteiger partial charge on any atom is -0.290 e. The maximum absolute atomic E-state index is 14.0. The third-order valence-electron chi connectivity index (χ3n) is 7.16. The van der Waals surface area contributed by atoms with Crippen molar-refractivity contribution in [3.05, 3.63) is 156 Å². The highest BCUT2D eigenvalue weighted by atomic mass is 31.2. The van der Waals surface area contributed by atoms with Crippen molar-refractivity contribution in [2.75, 3.05) is 6.16 Å². The lowest BCUT2D eigenvalue weighted by Crippen LogP contribution is -2.32. The summed E-state index contributed by atoms with van der Waals surface area (Å²) in [5.74, 6) is 0.202. The largest absolute Gasteiger partial charge is 0.290 e. The van der Waals surface area contributed by atoms with Crippen LogP contribution < -0.4 is 10.6 Å². The van der Waals surface area contributed by atoms with Gasteiger partial charge in [0.05, 0.1) is 7.26 Å². The Kier molecular flexibility index (Phi) is 5.64. The van der Waals surface area contributed by atoms with Gasteiger partial charge in [0.1, 0.15) is 22.4 Å². The van der Waals surface area contributed by atoms with E-state index < -0.39 is 7.26 Å². The highest BCUT2D eigenvalue weighted by Gasteiger charge is 2.56. The van der Waals surface area contributed by atoms with E-state index in [-0.39, 0.29) is 11.4 Å². The van der Waals surface area contributed by atoms with Crippen molar-refractivity contribution in [1.82, 2.24) is 0 Å². The molecule has 0 bridgehead atoms. The van der Waals surface area contributed by atoms with Gasteiger partial charge in [-0.1, -0.05) is 115 Å². The van der Waals surface area contributed by atoms with Gasteiger partial charge in [0.15, 0.2) is 0 Å². The molecule has 0 fully saturated rings. The Morgan fingerprint density at radius 2 is 0.914 bits per heavy atom. The summed E-state index contributed by atoms with van der Waals surface area (Å²) in [6.45, 7) is 0. The van der Waals surface area contributed by atoms with Gasteiger partial charge in [-0.3, -0.25) is 4.79 Å². The van der Waals surface area contributed by atoms with Crippen LogP contribution in [0, 0.1) is 0 Å². The molecule has 1 aliphatic carbocycles. The summed E-state index contributed by atoms with van der Waals surface area (Å²) < 4.78 is 0. The molecule has 0 unspecified atom stereocenters. The Hall–Kier alpha value is -3.80. The van der Waals surface area contributed by atoms with Gasteiger partial charge in [-0.15, -0.1) is 0 Å². The highest BCUT2D eigenvalue weighted by molar-refractivity contribution is 7.90. The van der Waals surface area contributed by atoms with E-state index in [1.165, 1.54) is 32.9 Å². The third-order valence-corrected chi connectivity index (χ3v) is 11.8. The third kappa shape index (κ3) is 3.64. The van der Waals surface area contributed by atoms with Crippen LogP contribution in [0.4, 0.5) is 0 Å². The van der Waals surface area contributed by atoms with Gasteiger partial charge in [0.2, 0.25) is 5.78 Å². The molecular weight excluding hydrogens is 443 g/mol. The second-order valence-electron chi connectivity index (χ2n) is 9.06. The van der Waals surface area contributed by atoms with E-state index in [9.17, 15) is 4.79 Å². The zero-order valence-electron chi connectivity index (χ0n) is 19.4. The van der Waals surface area contributed by atoms with Gasteiger partial charge in [0.25, 0.3) is 0 Å². The lowest BCUT2D eigenvalue weighted by atomic mass is 10.1. The fraction of sp³-hybridized carbons (Fsp3) is 0.0606. The number of hydrogen-bond donors (Lipinski definition) is 0. The summed E-state index contributed by atoms with van der Waals surface area (Å²) in [6.07, 6.45) is 0.484. The smallest absolute Gasteiger partial charge is 0.200 e. The molecule has 2 heteroatoms. The number of carbonyl (C=O) groups is 1. The van der Waals surface area contributed by atoms with Crippen molar-refractivity contribution >= 4 is 23.7 Å². The van der Waals surface area contributed by atoms with Crippen molar-refractivity contribution in [3.63, 3.8) is 0 Å². The van der Waals surface area contributed by atoms with E-state index in [0.717, 1.165) is 5.56 Å². The second kappa shape index (κ2) is 9.10. The van der Waals surface area contributed by atoms with E-state index >= 15 is 0 Å². The quantitative estimate of drug-likeness (QED) is 0.188. The number of Topliss-reactive ketones (excluding diaryl/α,β-unsaturated/α-hetero) is 1. The molecule has 0 spiro atoms. The number of ketones is 1. The molecule has 5 aromatic carbocycles. The normalized spacial score (nSPS) is 12.7. The summed E-state index contributed by atoms with van der Waals surface area (Å²) in [5.41, 5.74) is 6.13. The van der Waals surface area contributed by atoms with E-state index in [1.54, 1.807) is 0 Å². The van der Waals surface area contributed by atoms with Crippen LogP contribution in [-0.4, -0.2) is 11.9 Å². The molecule has 0 amide bonds. The van der Waals surface area contributed by atoms with Crippen molar-refractivity contribution < 1.29 is 4.79 Å². The standard InChI is InChI=1S/C33H26OP/c34-32(25-14-4-1-5-15-25)24-35(26-16-6-2-7-17-26,27-18-8-3-9-19-27)33-30-22-12-10-20-28(30)29-21-11-13-23-31(29)33/h1-23,33H,24H2/q+1. The lowest BCUT2D eigenvalue weighted by Gasteiger charge is -2.33. The molecule has 0 aromatic heterocycles. The van der Waals surface area contributed by atoms with Gasteiger partial charge in [-0.05, 0) is 35.4 Å². The molecule has 0 N–H and O–H groups in total. The lowest BCUT2D eigenvalue weighted by molar-refractivity contribution is 0.102. The fourth-order valence-corrected chi connectivity index (χ4v) is 10.5. The van der Waals surface area contributed by atoms with Crippen LogP contribution in [0.25, 0.3) is 11.1 Å². The maximum Gasteiger partial charge on any atom is 0.200 e. The molecule has 0 atom stereocenters. The molecule has 0 aliphatic heterocycles. The van der Waals surface area contributed by atoms with Crippen LogP contribution >= 0.6 is 7.26 Å². The highest BCUT2D eigenvalue weighted by Crippen LogP contribution is 2.73. The molecular formula is C33H26OP+. The Bertz CT molecular complexity index is 1390. The first-order chi connectivity index (χ1) is 17.3. The number of rotatable bonds is 6. The van der Waals surface area contributed by atoms with Crippen molar-refractivity contribution in [1.29, 1.82) is 0 Å². The van der Waals surface area contributed by atoms with Crippen molar-refractivity contribution in [2.24, 2.45) is 0 Å². The van der Waals surface area contributed by atoms with Gasteiger partial charge in [-0.2, -0.15) is 0 Å².